The number of nitrogens with zero attached hydrogens (tertiary/aromatic N) is 3. The second-order valence-electron chi connectivity index (χ2n) is 9.97. The minimum atomic E-state index is -1.07. The van der Waals surface area contributed by atoms with Crippen LogP contribution in [0.4, 0.5) is 14.6 Å². The molecule has 0 radical (unpaired) electrons. The number of aromatic nitrogens is 4. The summed E-state index contributed by atoms with van der Waals surface area (Å²) in [7, 11) is 0. The van der Waals surface area contributed by atoms with Gasteiger partial charge in [0.1, 0.15) is 17.7 Å². The van der Waals surface area contributed by atoms with E-state index in [0.717, 1.165) is 23.8 Å². The number of hydrogen-bond acceptors (Lipinski definition) is 8. The minimum absolute atomic E-state index is 0.0288. The highest BCUT2D eigenvalue weighted by atomic mass is 32.2. The van der Waals surface area contributed by atoms with Gasteiger partial charge in [0.05, 0.1) is 25.4 Å². The van der Waals surface area contributed by atoms with Gasteiger partial charge in [0.25, 0.3) is 0 Å². The van der Waals surface area contributed by atoms with Gasteiger partial charge in [-0.1, -0.05) is 17.8 Å². The van der Waals surface area contributed by atoms with Crippen LogP contribution in [0.15, 0.2) is 23.4 Å². The van der Waals surface area contributed by atoms with E-state index in [1.54, 1.807) is 22.5 Å². The summed E-state index contributed by atoms with van der Waals surface area (Å²) in [5.41, 5.74) is 2.08. The first-order chi connectivity index (χ1) is 17.4. The van der Waals surface area contributed by atoms with Crippen LogP contribution in [0.2, 0.25) is 0 Å². The Kier molecular flexibility index (Phi) is 6.41. The minimum Gasteiger partial charge on any atom is -0.394 e. The molecule has 0 saturated heterocycles. The number of anilines is 1. The summed E-state index contributed by atoms with van der Waals surface area (Å²) >= 11 is 1.60. The van der Waals surface area contributed by atoms with E-state index in [1.807, 2.05) is 0 Å². The number of ether oxygens (including phenoxy) is 1. The van der Waals surface area contributed by atoms with Crippen molar-refractivity contribution in [2.75, 3.05) is 24.3 Å². The highest BCUT2D eigenvalue weighted by molar-refractivity contribution is 7.99. The first kappa shape index (κ1) is 24.1. The largest absolute Gasteiger partial charge is 0.394 e. The lowest BCUT2D eigenvalue weighted by molar-refractivity contribution is -0.0629. The molecule has 9 nitrogen and oxygen atoms in total. The number of fused-ring (bicyclic) bond motifs is 1. The summed E-state index contributed by atoms with van der Waals surface area (Å²) in [5.74, 6) is 0.609. The Labute approximate surface area is 210 Å². The average molecular weight is 522 g/mol. The molecular weight excluding hydrogens is 492 g/mol. The fourth-order valence-electron chi connectivity index (χ4n) is 4.95. The molecule has 0 amide bonds. The van der Waals surface area contributed by atoms with Crippen LogP contribution < -0.4 is 5.32 Å². The molecule has 1 aromatic carbocycles. The fourth-order valence-corrected chi connectivity index (χ4v) is 5.97. The summed E-state index contributed by atoms with van der Waals surface area (Å²) in [6.07, 6.45) is 0.868. The molecular formula is C24H29F2N5O4S. The number of halogens is 2. The summed E-state index contributed by atoms with van der Waals surface area (Å²) in [6.45, 7) is -0.0742. The number of aliphatic hydroxyl groups is 3. The lowest BCUT2D eigenvalue weighted by Gasteiger charge is -2.26. The zero-order valence-corrected chi connectivity index (χ0v) is 20.3. The molecule has 0 aliphatic heterocycles. The molecule has 3 aromatic rings. The van der Waals surface area contributed by atoms with Gasteiger partial charge in [0.15, 0.2) is 28.3 Å². The predicted octanol–water partition coefficient (Wildman–Crippen LogP) is 2.55. The van der Waals surface area contributed by atoms with Gasteiger partial charge in [-0.3, -0.25) is 9.78 Å². The van der Waals surface area contributed by atoms with Crippen molar-refractivity contribution in [3.63, 3.8) is 0 Å². The Hall–Kier alpha value is -2.25. The Bertz CT molecular complexity index is 1250. The third kappa shape index (κ3) is 4.60. The molecule has 2 heterocycles. The third-order valence-corrected chi connectivity index (χ3v) is 8.39. The van der Waals surface area contributed by atoms with Crippen molar-refractivity contribution in [3.05, 3.63) is 35.4 Å². The summed E-state index contributed by atoms with van der Waals surface area (Å²) in [5, 5.41) is 37.4. The maximum atomic E-state index is 13.7. The van der Waals surface area contributed by atoms with Crippen molar-refractivity contribution in [2.45, 2.75) is 67.2 Å². The van der Waals surface area contributed by atoms with Crippen LogP contribution in [0, 0.1) is 17.6 Å². The molecule has 3 fully saturated rings. The summed E-state index contributed by atoms with van der Waals surface area (Å²) in [6, 6.07) is 3.58. The number of thioether (sulfide) groups is 1. The van der Waals surface area contributed by atoms with E-state index in [4.69, 9.17) is 19.8 Å². The van der Waals surface area contributed by atoms with Crippen molar-refractivity contribution < 1.29 is 28.8 Å². The molecule has 12 heteroatoms. The molecule has 194 valence electrons. The van der Waals surface area contributed by atoms with Crippen molar-refractivity contribution in [1.82, 2.24) is 19.7 Å². The van der Waals surface area contributed by atoms with Gasteiger partial charge >= 0.3 is 0 Å². The van der Waals surface area contributed by atoms with Crippen LogP contribution in [0.1, 0.15) is 43.2 Å². The van der Waals surface area contributed by atoms with E-state index in [0.29, 0.717) is 34.5 Å². The number of nitrogens with one attached hydrogen (secondary N) is 2. The Morgan fingerprint density at radius 2 is 1.97 bits per heavy atom. The number of aliphatic hydroxyl groups excluding tert-OH is 3. The SMILES string of the molecule is OCCOC1CC(n2[nH]c3c(NC4CC4c4ccc(F)c(F)c4)nc(SCC4CC4)nc32)C(O)C1O. The van der Waals surface area contributed by atoms with Crippen LogP contribution in [-0.2, 0) is 4.74 Å². The fraction of sp³-hybridized carbons (Fsp3) is 0.583. The number of aromatic amines is 1. The monoisotopic (exact) mass is 521 g/mol. The Morgan fingerprint density at radius 3 is 2.72 bits per heavy atom. The normalized spacial score (nSPS) is 29.8. The maximum absolute atomic E-state index is 13.7. The first-order valence-electron chi connectivity index (χ1n) is 12.3. The van der Waals surface area contributed by atoms with Gasteiger partial charge in [-0.05, 0) is 42.9 Å². The second kappa shape index (κ2) is 9.56. The zero-order valence-electron chi connectivity index (χ0n) is 19.5. The molecule has 2 aromatic heterocycles. The van der Waals surface area contributed by atoms with Gasteiger partial charge in [-0.15, -0.1) is 0 Å². The molecule has 0 bridgehead atoms. The quantitative estimate of drug-likeness (QED) is 0.203. The predicted molar refractivity (Wildman–Crippen MR) is 129 cm³/mol. The van der Waals surface area contributed by atoms with Crippen molar-refractivity contribution >= 4 is 28.7 Å². The Balaban J connectivity index is 1.24. The number of H-pyrrole nitrogens is 1. The molecule has 3 aliphatic carbocycles. The van der Waals surface area contributed by atoms with Crippen LogP contribution in [-0.4, -0.2) is 78.4 Å². The van der Waals surface area contributed by atoms with Gasteiger partial charge < -0.3 is 25.4 Å². The first-order valence-corrected chi connectivity index (χ1v) is 13.3. The van der Waals surface area contributed by atoms with E-state index in [2.05, 4.69) is 10.4 Å². The van der Waals surface area contributed by atoms with Gasteiger partial charge in [-0.25, -0.2) is 18.7 Å². The van der Waals surface area contributed by atoms with Crippen LogP contribution in [0.3, 0.4) is 0 Å². The Morgan fingerprint density at radius 1 is 1.14 bits per heavy atom. The van der Waals surface area contributed by atoms with Gasteiger partial charge in [0.2, 0.25) is 0 Å². The molecule has 36 heavy (non-hydrogen) atoms. The molecule has 0 spiro atoms. The second-order valence-corrected chi connectivity index (χ2v) is 11.0. The van der Waals surface area contributed by atoms with Crippen molar-refractivity contribution in [2.24, 2.45) is 5.92 Å². The molecule has 5 N–H and O–H groups in total. The average Bonchev–Trinajstić information content (AvgIpc) is 3.77. The van der Waals surface area contributed by atoms with Gasteiger partial charge in [0, 0.05) is 24.1 Å². The lowest BCUT2D eigenvalue weighted by Crippen LogP contribution is -2.34. The standard InChI is InChI=1S/C24H29F2N5O4S/c25-14-4-3-12(7-15(14)26)13-8-16(13)27-22-19-23(29-24(28-22)36-10-11-1-2-11)31(30-19)17-9-18(35-6-5-32)21(34)20(17)33/h3-4,7,11,13,16-18,20-21,30,32-34H,1-2,5-6,8-10H2,(H,27,28,29). The summed E-state index contributed by atoms with van der Waals surface area (Å²) < 4.78 is 34.3. The smallest absolute Gasteiger partial charge is 0.191 e. The summed E-state index contributed by atoms with van der Waals surface area (Å²) in [4.78, 5) is 9.46. The number of benzene rings is 1. The zero-order chi connectivity index (χ0) is 25.0. The van der Waals surface area contributed by atoms with E-state index in [1.165, 1.54) is 18.9 Å². The van der Waals surface area contributed by atoms with E-state index < -0.39 is 36.0 Å². The lowest BCUT2D eigenvalue weighted by atomic mass is 10.1. The van der Waals surface area contributed by atoms with Crippen LogP contribution >= 0.6 is 11.8 Å². The molecule has 3 saturated carbocycles. The highest BCUT2D eigenvalue weighted by Gasteiger charge is 2.45. The molecule has 6 unspecified atom stereocenters. The topological polar surface area (TPSA) is 128 Å². The maximum Gasteiger partial charge on any atom is 0.191 e. The number of hydrogen-bond donors (Lipinski definition) is 5. The van der Waals surface area contributed by atoms with Crippen molar-refractivity contribution in [3.8, 4) is 0 Å². The highest BCUT2D eigenvalue weighted by Crippen LogP contribution is 2.44. The number of rotatable bonds is 10. The van der Waals surface area contributed by atoms with Crippen LogP contribution in [0.5, 0.6) is 0 Å². The van der Waals surface area contributed by atoms with E-state index in [-0.39, 0.29) is 25.2 Å². The van der Waals surface area contributed by atoms with Crippen LogP contribution in [0.25, 0.3) is 11.2 Å². The van der Waals surface area contributed by atoms with Crippen molar-refractivity contribution in [1.29, 1.82) is 0 Å². The van der Waals surface area contributed by atoms with Gasteiger partial charge in [-0.2, -0.15) is 0 Å². The molecule has 6 atom stereocenters. The molecule has 3 aliphatic rings. The van der Waals surface area contributed by atoms with E-state index >= 15 is 0 Å². The van der Waals surface area contributed by atoms with E-state index in [9.17, 15) is 19.0 Å². The molecule has 6 rings (SSSR count). The third-order valence-electron chi connectivity index (χ3n) is 7.31.